The molecule has 6 unspecified atom stereocenters. The highest BCUT2D eigenvalue weighted by Crippen LogP contribution is 2.24. The van der Waals surface area contributed by atoms with Gasteiger partial charge in [-0.05, 0) is 0 Å². The molecule has 1 saturated heterocycles. The molecule has 1 fully saturated rings. The molecule has 0 aromatic carbocycles. The summed E-state index contributed by atoms with van der Waals surface area (Å²) in [6.07, 6.45) is -15.1. The van der Waals surface area contributed by atoms with E-state index in [1.165, 1.54) is 0 Å². The van der Waals surface area contributed by atoms with Gasteiger partial charge in [-0.1, -0.05) is 0 Å². The molecule has 1 heterocycles. The third-order valence-electron chi connectivity index (χ3n) is 3.62. The normalized spacial score (nSPS) is 35.6. The van der Waals surface area contributed by atoms with Crippen molar-refractivity contribution < 1.29 is 60.9 Å². The van der Waals surface area contributed by atoms with Gasteiger partial charge in [-0.2, -0.15) is 0 Å². The minimum Gasteiger partial charge on any atom is -0.412 e. The summed E-state index contributed by atoms with van der Waals surface area (Å²) in [5.74, 6) is 0. The lowest BCUT2D eigenvalue weighted by atomic mass is 9.98. The van der Waals surface area contributed by atoms with Crippen LogP contribution in [0.15, 0.2) is 0 Å². The summed E-state index contributed by atoms with van der Waals surface area (Å²) < 4.78 is 10.1. The number of hydrogen-bond acceptors (Lipinski definition) is 11. The zero-order valence-corrected chi connectivity index (χ0v) is 12.7. The lowest BCUT2D eigenvalue weighted by molar-refractivity contribution is -0.327. The molecule has 12 heteroatoms. The lowest BCUT2D eigenvalue weighted by Crippen LogP contribution is -2.61. The number of aliphatic hydroxyl groups is 9. The van der Waals surface area contributed by atoms with Gasteiger partial charge < -0.3 is 60.9 Å². The maximum atomic E-state index is 9.83. The summed E-state index contributed by atoms with van der Waals surface area (Å²) in [6, 6.07) is 0. The van der Waals surface area contributed by atoms with Crippen molar-refractivity contribution in [2.75, 3.05) is 19.8 Å². The Morgan fingerprint density at radius 1 is 0.833 bits per heavy atom. The SMILES string of the molecule is O.OCC(O)C(O)C(O[C@@H]1OC(CO)[C@H](O)[C@@H](O)C1O)C(O)CO. The van der Waals surface area contributed by atoms with Crippen LogP contribution < -0.4 is 0 Å². The van der Waals surface area contributed by atoms with Gasteiger partial charge in [0.1, 0.15) is 48.8 Å². The molecule has 24 heavy (non-hydrogen) atoms. The van der Waals surface area contributed by atoms with Gasteiger partial charge in [-0.3, -0.25) is 0 Å². The Kier molecular flexibility index (Phi) is 10.3. The Hall–Kier alpha value is -0.480. The van der Waals surface area contributed by atoms with Crippen molar-refractivity contribution in [1.82, 2.24) is 0 Å². The zero-order valence-electron chi connectivity index (χ0n) is 12.7. The van der Waals surface area contributed by atoms with Gasteiger partial charge in [0.15, 0.2) is 6.29 Å². The third kappa shape index (κ3) is 5.26. The lowest BCUT2D eigenvalue weighted by Gasteiger charge is -2.42. The van der Waals surface area contributed by atoms with Crippen LogP contribution in [0.1, 0.15) is 0 Å². The van der Waals surface area contributed by atoms with Crippen LogP contribution in [0.2, 0.25) is 0 Å². The van der Waals surface area contributed by atoms with Crippen molar-refractivity contribution >= 4 is 0 Å². The second-order valence-corrected chi connectivity index (χ2v) is 5.29. The molecule has 0 spiro atoms. The van der Waals surface area contributed by atoms with Crippen LogP contribution >= 0.6 is 0 Å². The molecule has 0 aromatic heterocycles. The summed E-state index contributed by atoms with van der Waals surface area (Å²) in [5, 5.41) is 84.9. The molecule has 9 atom stereocenters. The highest BCUT2D eigenvalue weighted by atomic mass is 16.7. The number of aliphatic hydroxyl groups excluding tert-OH is 9. The molecule has 1 rings (SSSR count). The molecule has 11 N–H and O–H groups in total. The third-order valence-corrected chi connectivity index (χ3v) is 3.62. The molecular weight excluding hydrogens is 336 g/mol. The van der Waals surface area contributed by atoms with Crippen LogP contribution in [-0.2, 0) is 9.47 Å². The summed E-state index contributed by atoms with van der Waals surface area (Å²) in [7, 11) is 0. The van der Waals surface area contributed by atoms with Crippen LogP contribution in [0.25, 0.3) is 0 Å². The topological polar surface area (TPSA) is 232 Å². The summed E-state index contributed by atoms with van der Waals surface area (Å²) in [5.41, 5.74) is 0. The van der Waals surface area contributed by atoms with E-state index in [1.807, 2.05) is 0 Å². The Morgan fingerprint density at radius 3 is 1.83 bits per heavy atom. The highest BCUT2D eigenvalue weighted by molar-refractivity contribution is 4.91. The van der Waals surface area contributed by atoms with E-state index in [9.17, 15) is 30.6 Å². The smallest absolute Gasteiger partial charge is 0.187 e. The second kappa shape index (κ2) is 10.5. The van der Waals surface area contributed by atoms with Crippen LogP contribution in [0.4, 0.5) is 0 Å². The molecular formula is C12H26O12. The molecule has 1 aliphatic heterocycles. The number of ether oxygens (including phenoxy) is 2. The Labute approximate surface area is 137 Å². The van der Waals surface area contributed by atoms with Crippen molar-refractivity contribution in [2.24, 2.45) is 0 Å². The minimum atomic E-state index is -1.85. The van der Waals surface area contributed by atoms with Crippen LogP contribution in [0.3, 0.4) is 0 Å². The van der Waals surface area contributed by atoms with E-state index in [-0.39, 0.29) is 5.48 Å². The van der Waals surface area contributed by atoms with E-state index in [0.29, 0.717) is 0 Å². The first-order valence-corrected chi connectivity index (χ1v) is 7.00. The molecule has 0 radical (unpaired) electrons. The van der Waals surface area contributed by atoms with Gasteiger partial charge in [0.2, 0.25) is 0 Å². The van der Waals surface area contributed by atoms with Crippen LogP contribution in [0, 0.1) is 0 Å². The number of rotatable bonds is 8. The van der Waals surface area contributed by atoms with Gasteiger partial charge in [-0.25, -0.2) is 0 Å². The first-order chi connectivity index (χ1) is 10.8. The monoisotopic (exact) mass is 362 g/mol. The van der Waals surface area contributed by atoms with Crippen molar-refractivity contribution in [3.8, 4) is 0 Å². The maximum Gasteiger partial charge on any atom is 0.187 e. The van der Waals surface area contributed by atoms with Gasteiger partial charge >= 0.3 is 0 Å². The summed E-state index contributed by atoms with van der Waals surface area (Å²) in [4.78, 5) is 0. The van der Waals surface area contributed by atoms with E-state index in [1.54, 1.807) is 0 Å². The quantitative estimate of drug-likeness (QED) is 0.197. The van der Waals surface area contributed by atoms with E-state index in [4.69, 9.17) is 24.8 Å². The Balaban J connectivity index is 0.00000529. The second-order valence-electron chi connectivity index (χ2n) is 5.29. The molecule has 0 aromatic rings. The van der Waals surface area contributed by atoms with Crippen LogP contribution in [0.5, 0.6) is 0 Å². The predicted molar refractivity (Wildman–Crippen MR) is 74.4 cm³/mol. The highest BCUT2D eigenvalue weighted by Gasteiger charge is 2.46. The molecule has 146 valence electrons. The number of hydrogen-bond donors (Lipinski definition) is 9. The average Bonchev–Trinajstić information content (AvgIpc) is 2.57. The fourth-order valence-corrected chi connectivity index (χ4v) is 2.16. The van der Waals surface area contributed by atoms with Gasteiger partial charge in [-0.15, -0.1) is 0 Å². The zero-order chi connectivity index (χ0) is 17.7. The summed E-state index contributed by atoms with van der Waals surface area (Å²) in [6.45, 7) is -2.45. The van der Waals surface area contributed by atoms with E-state index < -0.39 is 74.9 Å². The van der Waals surface area contributed by atoms with Gasteiger partial charge in [0, 0.05) is 0 Å². The van der Waals surface area contributed by atoms with Crippen molar-refractivity contribution in [3.63, 3.8) is 0 Å². The molecule has 0 aliphatic carbocycles. The molecule has 0 saturated carbocycles. The van der Waals surface area contributed by atoms with Crippen molar-refractivity contribution in [1.29, 1.82) is 0 Å². The standard InChI is InChI=1S/C12H24O11.H2O/c13-1-4(16)7(18)11(5(17)2-14)23-12-10(21)9(20)8(19)6(3-15)22-12;/h4-21H,1-3H2;1H2/t4?,5?,6?,7?,8-,9+,10?,11?,12-;/m0./s1. The molecule has 12 nitrogen and oxygen atoms in total. The molecule has 1 aliphatic rings. The first-order valence-electron chi connectivity index (χ1n) is 7.00. The minimum absolute atomic E-state index is 0. The van der Waals surface area contributed by atoms with Crippen LogP contribution in [-0.4, -0.2) is 126 Å². The average molecular weight is 362 g/mol. The Morgan fingerprint density at radius 2 is 1.38 bits per heavy atom. The van der Waals surface area contributed by atoms with Crippen molar-refractivity contribution in [3.05, 3.63) is 0 Å². The van der Waals surface area contributed by atoms with E-state index in [0.717, 1.165) is 0 Å². The van der Waals surface area contributed by atoms with Crippen molar-refractivity contribution in [2.45, 2.75) is 55.1 Å². The summed E-state index contributed by atoms with van der Waals surface area (Å²) >= 11 is 0. The molecule has 0 amide bonds. The van der Waals surface area contributed by atoms with Gasteiger partial charge in [0.25, 0.3) is 0 Å². The first kappa shape index (κ1) is 23.5. The van der Waals surface area contributed by atoms with Gasteiger partial charge in [0.05, 0.1) is 19.8 Å². The maximum absolute atomic E-state index is 9.83. The fraction of sp³-hybridized carbons (Fsp3) is 1.00. The Bertz CT molecular complexity index is 342. The van der Waals surface area contributed by atoms with E-state index >= 15 is 0 Å². The predicted octanol–water partition coefficient (Wildman–Crippen LogP) is -6.59. The van der Waals surface area contributed by atoms with E-state index in [2.05, 4.69) is 0 Å². The fourth-order valence-electron chi connectivity index (χ4n) is 2.16. The largest absolute Gasteiger partial charge is 0.412 e. The molecule has 0 bridgehead atoms.